The van der Waals surface area contributed by atoms with Gasteiger partial charge in [0.05, 0.1) is 17.6 Å². The first-order valence-electron chi connectivity index (χ1n) is 5.37. The second kappa shape index (κ2) is 3.79. The molecule has 16 heavy (non-hydrogen) atoms. The third-order valence-corrected chi connectivity index (χ3v) is 2.85. The molecule has 0 unspecified atom stereocenters. The zero-order valence-corrected chi connectivity index (χ0v) is 9.77. The first-order chi connectivity index (χ1) is 7.56. The first-order valence-corrected chi connectivity index (χ1v) is 5.37. The highest BCUT2D eigenvalue weighted by Gasteiger charge is 2.12. The molecule has 1 aromatic carbocycles. The van der Waals surface area contributed by atoms with Gasteiger partial charge in [0, 0.05) is 13.1 Å². The first kappa shape index (κ1) is 11.0. The number of aliphatic hydroxyl groups excluding tert-OH is 1. The second-order valence-corrected chi connectivity index (χ2v) is 4.29. The van der Waals surface area contributed by atoms with Gasteiger partial charge >= 0.3 is 5.69 Å². The van der Waals surface area contributed by atoms with Gasteiger partial charge in [-0.1, -0.05) is 6.07 Å². The van der Waals surface area contributed by atoms with Crippen LogP contribution in [0.1, 0.15) is 25.5 Å². The van der Waals surface area contributed by atoms with Crippen molar-refractivity contribution in [2.24, 2.45) is 7.05 Å². The lowest BCUT2D eigenvalue weighted by Crippen LogP contribution is -2.23. The van der Waals surface area contributed by atoms with Crippen LogP contribution in [-0.2, 0) is 13.7 Å². The average Bonchev–Trinajstić information content (AvgIpc) is 2.51. The lowest BCUT2D eigenvalue weighted by Gasteiger charge is -2.06. The molecule has 1 aromatic heterocycles. The monoisotopic (exact) mass is 220 g/mol. The van der Waals surface area contributed by atoms with Crippen molar-refractivity contribution >= 4 is 11.0 Å². The minimum Gasteiger partial charge on any atom is -0.392 e. The van der Waals surface area contributed by atoms with E-state index in [-0.39, 0.29) is 18.3 Å². The van der Waals surface area contributed by atoms with Gasteiger partial charge in [-0.15, -0.1) is 0 Å². The molecule has 0 aliphatic carbocycles. The fraction of sp³-hybridized carbons (Fsp3) is 0.417. The van der Waals surface area contributed by atoms with Crippen LogP contribution in [0.15, 0.2) is 23.0 Å². The smallest absolute Gasteiger partial charge is 0.329 e. The highest BCUT2D eigenvalue weighted by atomic mass is 16.3. The predicted molar refractivity (Wildman–Crippen MR) is 63.5 cm³/mol. The summed E-state index contributed by atoms with van der Waals surface area (Å²) in [5.74, 6) is 0. The molecule has 4 heteroatoms. The maximum absolute atomic E-state index is 12.0. The van der Waals surface area contributed by atoms with Crippen LogP contribution in [0.2, 0.25) is 0 Å². The van der Waals surface area contributed by atoms with Gasteiger partial charge in [0.15, 0.2) is 0 Å². The summed E-state index contributed by atoms with van der Waals surface area (Å²) in [6, 6.07) is 5.73. The van der Waals surface area contributed by atoms with E-state index in [2.05, 4.69) is 0 Å². The summed E-state index contributed by atoms with van der Waals surface area (Å²) < 4.78 is 3.38. The SMILES string of the molecule is CC(C)n1c(=O)n(C)c2cc(CO)ccc21. The fourth-order valence-electron chi connectivity index (χ4n) is 2.01. The van der Waals surface area contributed by atoms with Gasteiger partial charge in [0.1, 0.15) is 0 Å². The van der Waals surface area contributed by atoms with E-state index in [1.807, 2.05) is 32.0 Å². The molecule has 2 aromatic rings. The summed E-state index contributed by atoms with van der Waals surface area (Å²) in [6.07, 6.45) is 0. The molecule has 1 N–H and O–H groups in total. The molecule has 0 bridgehead atoms. The quantitative estimate of drug-likeness (QED) is 0.831. The Morgan fingerprint density at radius 2 is 2.00 bits per heavy atom. The Kier molecular flexibility index (Phi) is 2.59. The molecular formula is C12H16N2O2. The maximum atomic E-state index is 12.0. The van der Waals surface area contributed by atoms with E-state index in [0.29, 0.717) is 0 Å². The van der Waals surface area contributed by atoms with Crippen LogP contribution >= 0.6 is 0 Å². The van der Waals surface area contributed by atoms with E-state index in [1.54, 1.807) is 16.2 Å². The molecule has 0 radical (unpaired) electrons. The number of aromatic nitrogens is 2. The van der Waals surface area contributed by atoms with E-state index in [4.69, 9.17) is 5.11 Å². The van der Waals surface area contributed by atoms with E-state index >= 15 is 0 Å². The van der Waals surface area contributed by atoms with Crippen LogP contribution in [-0.4, -0.2) is 14.2 Å². The van der Waals surface area contributed by atoms with Gasteiger partial charge in [-0.05, 0) is 31.5 Å². The molecule has 4 nitrogen and oxygen atoms in total. The molecule has 0 amide bonds. The zero-order valence-electron chi connectivity index (χ0n) is 9.77. The highest BCUT2D eigenvalue weighted by molar-refractivity contribution is 5.77. The molecule has 0 saturated carbocycles. The largest absolute Gasteiger partial charge is 0.392 e. The summed E-state index contributed by atoms with van der Waals surface area (Å²) in [7, 11) is 1.75. The van der Waals surface area contributed by atoms with Gasteiger partial charge < -0.3 is 5.11 Å². The van der Waals surface area contributed by atoms with E-state index in [9.17, 15) is 4.79 Å². The number of fused-ring (bicyclic) bond motifs is 1. The molecule has 0 fully saturated rings. The van der Waals surface area contributed by atoms with Crippen LogP contribution in [0.4, 0.5) is 0 Å². The third-order valence-electron chi connectivity index (χ3n) is 2.85. The highest BCUT2D eigenvalue weighted by Crippen LogP contribution is 2.17. The summed E-state index contributed by atoms with van der Waals surface area (Å²) in [4.78, 5) is 12.0. The molecule has 0 saturated heterocycles. The molecule has 0 aliphatic rings. The number of hydrogen-bond donors (Lipinski definition) is 1. The Morgan fingerprint density at radius 1 is 1.31 bits per heavy atom. The second-order valence-electron chi connectivity index (χ2n) is 4.29. The van der Waals surface area contributed by atoms with Crippen molar-refractivity contribution in [1.29, 1.82) is 0 Å². The molecular weight excluding hydrogens is 204 g/mol. The van der Waals surface area contributed by atoms with E-state index in [0.717, 1.165) is 16.6 Å². The molecule has 2 rings (SSSR count). The standard InChI is InChI=1S/C12H16N2O2/c1-8(2)14-10-5-4-9(7-15)6-11(10)13(3)12(14)16/h4-6,8,15H,7H2,1-3H3. The Hall–Kier alpha value is -1.55. The van der Waals surface area contributed by atoms with Gasteiger partial charge in [-0.2, -0.15) is 0 Å². The van der Waals surface area contributed by atoms with E-state index in [1.165, 1.54) is 0 Å². The van der Waals surface area contributed by atoms with Crippen LogP contribution < -0.4 is 5.69 Å². The minimum atomic E-state index is -0.0138. The maximum Gasteiger partial charge on any atom is 0.329 e. The molecule has 86 valence electrons. The number of nitrogens with zero attached hydrogens (tertiary/aromatic N) is 2. The van der Waals surface area contributed by atoms with Crippen LogP contribution in [0.3, 0.4) is 0 Å². The lowest BCUT2D eigenvalue weighted by molar-refractivity contribution is 0.282. The normalized spacial score (nSPS) is 11.6. The Balaban J connectivity index is 2.85. The van der Waals surface area contributed by atoms with Crippen LogP contribution in [0.5, 0.6) is 0 Å². The molecule has 0 atom stereocenters. The van der Waals surface area contributed by atoms with E-state index < -0.39 is 0 Å². The molecule has 0 aliphatic heterocycles. The van der Waals surface area contributed by atoms with Crippen molar-refractivity contribution in [3.8, 4) is 0 Å². The Morgan fingerprint density at radius 3 is 2.56 bits per heavy atom. The Labute approximate surface area is 93.7 Å². The van der Waals surface area contributed by atoms with Crippen LogP contribution in [0.25, 0.3) is 11.0 Å². The van der Waals surface area contributed by atoms with Crippen molar-refractivity contribution < 1.29 is 5.11 Å². The van der Waals surface area contributed by atoms with Crippen molar-refractivity contribution in [3.63, 3.8) is 0 Å². The average molecular weight is 220 g/mol. The van der Waals surface area contributed by atoms with Crippen molar-refractivity contribution in [2.75, 3.05) is 0 Å². The summed E-state index contributed by atoms with van der Waals surface area (Å²) in [5, 5.41) is 9.08. The summed E-state index contributed by atoms with van der Waals surface area (Å²) >= 11 is 0. The Bertz CT molecular complexity index is 578. The number of imidazole rings is 1. The van der Waals surface area contributed by atoms with Gasteiger partial charge in [0.2, 0.25) is 0 Å². The number of rotatable bonds is 2. The summed E-state index contributed by atoms with van der Waals surface area (Å²) in [6.45, 7) is 3.97. The van der Waals surface area contributed by atoms with Crippen molar-refractivity contribution in [1.82, 2.24) is 9.13 Å². The minimum absolute atomic E-state index is 0.00299. The van der Waals surface area contributed by atoms with Gasteiger partial charge in [-0.3, -0.25) is 9.13 Å². The molecule has 0 spiro atoms. The number of aryl methyl sites for hydroxylation is 1. The zero-order chi connectivity index (χ0) is 11.9. The summed E-state index contributed by atoms with van der Waals surface area (Å²) in [5.41, 5.74) is 2.59. The van der Waals surface area contributed by atoms with Gasteiger partial charge in [-0.25, -0.2) is 4.79 Å². The number of hydrogen-bond acceptors (Lipinski definition) is 2. The van der Waals surface area contributed by atoms with Crippen molar-refractivity contribution in [3.05, 3.63) is 34.2 Å². The number of aliphatic hydroxyl groups is 1. The number of benzene rings is 1. The fourth-order valence-corrected chi connectivity index (χ4v) is 2.01. The molecule has 1 heterocycles. The predicted octanol–water partition coefficient (Wildman–Crippen LogP) is 1.41. The van der Waals surface area contributed by atoms with Crippen LogP contribution in [0, 0.1) is 0 Å². The topological polar surface area (TPSA) is 47.2 Å². The third kappa shape index (κ3) is 1.46. The van der Waals surface area contributed by atoms with Gasteiger partial charge in [0.25, 0.3) is 0 Å². The van der Waals surface area contributed by atoms with Crippen molar-refractivity contribution in [2.45, 2.75) is 26.5 Å². The lowest BCUT2D eigenvalue weighted by atomic mass is 10.2.